The number of nitrogens with one attached hydrogen (secondary N) is 2. The number of aryl methyl sites for hydroxylation is 1. The summed E-state index contributed by atoms with van der Waals surface area (Å²) in [5.74, 6) is 0.308. The summed E-state index contributed by atoms with van der Waals surface area (Å²) < 4.78 is 33.0. The van der Waals surface area contributed by atoms with Crippen LogP contribution in [0.15, 0.2) is 59.6 Å². The Labute approximate surface area is 140 Å². The van der Waals surface area contributed by atoms with Gasteiger partial charge in [-0.05, 0) is 48.4 Å². The number of sulfonamides is 1. The molecule has 0 unspecified atom stereocenters. The number of H-pyrrole nitrogens is 1. The maximum Gasteiger partial charge on any atom is 0.265 e. The summed E-state index contributed by atoms with van der Waals surface area (Å²) >= 11 is 0. The highest BCUT2D eigenvalue weighted by atomic mass is 32.2. The smallest absolute Gasteiger partial charge is 0.265 e. The first kappa shape index (κ1) is 16.1. The fourth-order valence-electron chi connectivity index (χ4n) is 2.34. The normalized spacial score (nSPS) is 11.2. The van der Waals surface area contributed by atoms with Gasteiger partial charge in [0.25, 0.3) is 10.0 Å². The van der Waals surface area contributed by atoms with Crippen molar-refractivity contribution in [3.8, 4) is 17.0 Å². The van der Waals surface area contributed by atoms with Crippen LogP contribution in [-0.2, 0) is 10.0 Å². The number of nitrogens with zero attached hydrogens (tertiary/aromatic N) is 1. The lowest BCUT2D eigenvalue weighted by molar-refractivity contribution is 0.402. The number of hydrogen-bond acceptors (Lipinski definition) is 4. The molecular weight excluding hydrogens is 326 g/mol. The van der Waals surface area contributed by atoms with Crippen molar-refractivity contribution in [3.63, 3.8) is 0 Å². The van der Waals surface area contributed by atoms with E-state index in [0.717, 1.165) is 16.8 Å². The molecule has 0 saturated heterocycles. The molecule has 0 atom stereocenters. The molecule has 0 fully saturated rings. The van der Waals surface area contributed by atoms with E-state index in [1.165, 1.54) is 7.11 Å². The molecule has 3 rings (SSSR count). The van der Waals surface area contributed by atoms with Crippen LogP contribution < -0.4 is 9.46 Å². The van der Waals surface area contributed by atoms with Crippen LogP contribution in [0.3, 0.4) is 0 Å². The van der Waals surface area contributed by atoms with Gasteiger partial charge in [0.05, 0.1) is 12.8 Å². The lowest BCUT2D eigenvalue weighted by Crippen LogP contribution is -2.14. The van der Waals surface area contributed by atoms with Gasteiger partial charge in [0, 0.05) is 11.9 Å². The van der Waals surface area contributed by atoms with E-state index >= 15 is 0 Å². The molecule has 0 aliphatic carbocycles. The molecule has 7 heteroatoms. The highest BCUT2D eigenvalue weighted by molar-refractivity contribution is 7.92. The number of benzene rings is 2. The Balaban J connectivity index is 1.88. The highest BCUT2D eigenvalue weighted by Crippen LogP contribution is 2.27. The molecule has 24 heavy (non-hydrogen) atoms. The largest absolute Gasteiger partial charge is 0.495 e. The number of aromatic amines is 1. The van der Waals surface area contributed by atoms with Crippen LogP contribution in [0.4, 0.5) is 5.69 Å². The highest BCUT2D eigenvalue weighted by Gasteiger charge is 2.19. The molecule has 3 aromatic rings. The monoisotopic (exact) mass is 343 g/mol. The molecule has 0 amide bonds. The Bertz CT molecular complexity index is 934. The second kappa shape index (κ2) is 6.37. The van der Waals surface area contributed by atoms with Crippen LogP contribution >= 0.6 is 0 Å². The van der Waals surface area contributed by atoms with E-state index in [-0.39, 0.29) is 4.90 Å². The topological polar surface area (TPSA) is 84.1 Å². The Morgan fingerprint density at radius 3 is 2.46 bits per heavy atom. The van der Waals surface area contributed by atoms with Crippen LogP contribution in [-0.4, -0.2) is 25.7 Å². The average Bonchev–Trinajstić information content (AvgIpc) is 3.10. The molecule has 0 spiro atoms. The number of anilines is 1. The molecule has 0 radical (unpaired) electrons. The van der Waals surface area contributed by atoms with Gasteiger partial charge >= 0.3 is 0 Å². The summed E-state index contributed by atoms with van der Waals surface area (Å²) in [7, 11) is -2.29. The zero-order chi connectivity index (χ0) is 17.2. The minimum atomic E-state index is -3.74. The third-order valence-corrected chi connectivity index (χ3v) is 4.96. The number of ether oxygens (including phenoxy) is 1. The third-order valence-electron chi connectivity index (χ3n) is 3.56. The van der Waals surface area contributed by atoms with Crippen molar-refractivity contribution in [3.05, 3.63) is 60.3 Å². The lowest BCUT2D eigenvalue weighted by Gasteiger charge is -2.12. The van der Waals surface area contributed by atoms with E-state index < -0.39 is 10.0 Å². The van der Waals surface area contributed by atoms with Gasteiger partial charge in [-0.2, -0.15) is 5.10 Å². The molecule has 0 aliphatic rings. The van der Waals surface area contributed by atoms with Gasteiger partial charge in [-0.1, -0.05) is 18.2 Å². The van der Waals surface area contributed by atoms with E-state index in [9.17, 15) is 8.42 Å². The number of aromatic nitrogens is 2. The van der Waals surface area contributed by atoms with Crippen molar-refractivity contribution in [2.75, 3.05) is 11.8 Å². The average molecular weight is 343 g/mol. The summed E-state index contributed by atoms with van der Waals surface area (Å²) in [4.78, 5) is 0.114. The zero-order valence-electron chi connectivity index (χ0n) is 13.3. The molecule has 1 heterocycles. The summed E-state index contributed by atoms with van der Waals surface area (Å²) in [6.07, 6.45) is 1.66. The van der Waals surface area contributed by atoms with Crippen molar-refractivity contribution in [2.24, 2.45) is 0 Å². The Morgan fingerprint density at radius 2 is 1.83 bits per heavy atom. The van der Waals surface area contributed by atoms with Gasteiger partial charge in [0.1, 0.15) is 10.6 Å². The fraction of sp³-hybridized carbons (Fsp3) is 0.118. The van der Waals surface area contributed by atoms with Gasteiger partial charge in [-0.25, -0.2) is 8.42 Å². The van der Waals surface area contributed by atoms with Gasteiger partial charge in [0.15, 0.2) is 0 Å². The van der Waals surface area contributed by atoms with Crippen molar-refractivity contribution < 1.29 is 13.2 Å². The summed E-state index contributed by atoms with van der Waals surface area (Å²) in [6.45, 7) is 1.83. The maximum absolute atomic E-state index is 12.6. The van der Waals surface area contributed by atoms with Gasteiger partial charge in [-0.3, -0.25) is 9.82 Å². The van der Waals surface area contributed by atoms with Crippen LogP contribution in [0.5, 0.6) is 5.75 Å². The van der Waals surface area contributed by atoms with Crippen LogP contribution in [0, 0.1) is 6.92 Å². The second-order valence-electron chi connectivity index (χ2n) is 5.31. The standard InChI is InChI=1S/C17H17N3O3S/c1-12-3-8-16(23-2)17(11-12)24(21,22)20-14-6-4-13(5-7-14)15-9-10-18-19-15/h3-11,20H,1-2H3,(H,18,19). The number of hydrogen-bond donors (Lipinski definition) is 2. The van der Waals surface area contributed by atoms with Gasteiger partial charge < -0.3 is 4.74 Å². The van der Waals surface area contributed by atoms with Crippen molar-refractivity contribution >= 4 is 15.7 Å². The molecule has 2 aromatic carbocycles. The quantitative estimate of drug-likeness (QED) is 0.745. The lowest BCUT2D eigenvalue weighted by atomic mass is 10.1. The summed E-state index contributed by atoms with van der Waals surface area (Å²) in [5.41, 5.74) is 3.10. The maximum atomic E-state index is 12.6. The predicted octanol–water partition coefficient (Wildman–Crippen LogP) is 3.19. The first-order chi connectivity index (χ1) is 11.5. The van der Waals surface area contributed by atoms with Gasteiger partial charge in [-0.15, -0.1) is 0 Å². The van der Waals surface area contributed by atoms with Crippen molar-refractivity contribution in [1.29, 1.82) is 0 Å². The van der Waals surface area contributed by atoms with E-state index in [1.54, 1.807) is 36.5 Å². The van der Waals surface area contributed by atoms with Crippen molar-refractivity contribution in [2.45, 2.75) is 11.8 Å². The minimum Gasteiger partial charge on any atom is -0.495 e. The molecule has 124 valence electrons. The van der Waals surface area contributed by atoms with E-state index in [4.69, 9.17) is 4.74 Å². The molecule has 2 N–H and O–H groups in total. The molecule has 1 aromatic heterocycles. The predicted molar refractivity (Wildman–Crippen MR) is 92.6 cm³/mol. The summed E-state index contributed by atoms with van der Waals surface area (Å²) in [5, 5.41) is 6.76. The van der Waals surface area contributed by atoms with E-state index in [0.29, 0.717) is 11.4 Å². The summed E-state index contributed by atoms with van der Waals surface area (Å²) in [6, 6.07) is 13.9. The zero-order valence-corrected chi connectivity index (χ0v) is 14.1. The first-order valence-electron chi connectivity index (χ1n) is 7.27. The third kappa shape index (κ3) is 3.26. The number of methoxy groups -OCH3 is 1. The minimum absolute atomic E-state index is 0.114. The van der Waals surface area contributed by atoms with Crippen LogP contribution in [0.1, 0.15) is 5.56 Å². The van der Waals surface area contributed by atoms with Crippen LogP contribution in [0.2, 0.25) is 0 Å². The Kier molecular flexibility index (Phi) is 4.26. The van der Waals surface area contributed by atoms with Crippen LogP contribution in [0.25, 0.3) is 11.3 Å². The SMILES string of the molecule is COc1ccc(C)cc1S(=O)(=O)Nc1ccc(-c2ccn[nH]2)cc1. The molecule has 0 aliphatic heterocycles. The Morgan fingerprint density at radius 1 is 1.08 bits per heavy atom. The Hall–Kier alpha value is -2.80. The van der Waals surface area contributed by atoms with Crippen molar-refractivity contribution in [1.82, 2.24) is 10.2 Å². The first-order valence-corrected chi connectivity index (χ1v) is 8.75. The number of rotatable bonds is 5. The van der Waals surface area contributed by atoms with Gasteiger partial charge in [0.2, 0.25) is 0 Å². The molecule has 6 nitrogen and oxygen atoms in total. The molecule has 0 saturated carbocycles. The fourth-order valence-corrected chi connectivity index (χ4v) is 3.65. The molecular formula is C17H17N3O3S. The van der Waals surface area contributed by atoms with E-state index in [2.05, 4.69) is 14.9 Å². The second-order valence-corrected chi connectivity index (χ2v) is 6.96. The molecule has 0 bridgehead atoms. The van der Waals surface area contributed by atoms with E-state index in [1.807, 2.05) is 25.1 Å².